The second-order valence-electron chi connectivity index (χ2n) is 3.41. The Kier molecular flexibility index (Phi) is 1.81. The van der Waals surface area contributed by atoms with Crippen LogP contribution in [0.2, 0.25) is 0 Å². The smallest absolute Gasteiger partial charge is 0.339 e. The fourth-order valence-electron chi connectivity index (χ4n) is 1.56. The summed E-state index contributed by atoms with van der Waals surface area (Å²) in [4.78, 5) is 10.9. The zero-order chi connectivity index (χ0) is 10.3. The summed E-state index contributed by atoms with van der Waals surface area (Å²) < 4.78 is 5.22. The number of benzene rings is 1. The summed E-state index contributed by atoms with van der Waals surface area (Å²) in [6.45, 7) is 3.77. The maximum Gasteiger partial charge on any atom is 0.339 e. The van der Waals surface area contributed by atoms with Gasteiger partial charge in [0.25, 0.3) is 0 Å². The van der Waals surface area contributed by atoms with Gasteiger partial charge in [-0.3, -0.25) is 0 Å². The Labute approximate surface area is 81.0 Å². The van der Waals surface area contributed by atoms with Crippen LogP contribution in [0, 0.1) is 13.8 Å². The van der Waals surface area contributed by atoms with Crippen LogP contribution in [0.4, 0.5) is 0 Å². The normalized spacial score (nSPS) is 10.7. The summed E-state index contributed by atoms with van der Waals surface area (Å²) in [6.07, 6.45) is 1.58. The van der Waals surface area contributed by atoms with Gasteiger partial charge >= 0.3 is 5.97 Å². The van der Waals surface area contributed by atoms with Crippen LogP contribution < -0.4 is 0 Å². The zero-order valence-corrected chi connectivity index (χ0v) is 8.00. The molecule has 72 valence electrons. The molecular weight excluding hydrogens is 180 g/mol. The van der Waals surface area contributed by atoms with Gasteiger partial charge in [0.2, 0.25) is 0 Å². The average molecular weight is 190 g/mol. The largest absolute Gasteiger partial charge is 0.478 e. The summed E-state index contributed by atoms with van der Waals surface area (Å²) in [5.74, 6) is -0.951. The molecule has 0 amide bonds. The van der Waals surface area contributed by atoms with Gasteiger partial charge in [-0.2, -0.15) is 0 Å². The van der Waals surface area contributed by atoms with Crippen molar-refractivity contribution in [2.24, 2.45) is 0 Å². The van der Waals surface area contributed by atoms with E-state index >= 15 is 0 Å². The molecule has 1 aromatic heterocycles. The Morgan fingerprint density at radius 3 is 2.71 bits per heavy atom. The van der Waals surface area contributed by atoms with Gasteiger partial charge < -0.3 is 9.52 Å². The highest BCUT2D eigenvalue weighted by Crippen LogP contribution is 2.25. The van der Waals surface area contributed by atoms with Crippen molar-refractivity contribution in [2.45, 2.75) is 13.8 Å². The molecule has 3 nitrogen and oxygen atoms in total. The molecule has 14 heavy (non-hydrogen) atoms. The monoisotopic (exact) mass is 190 g/mol. The van der Waals surface area contributed by atoms with Crippen LogP contribution in [0.5, 0.6) is 0 Å². The molecule has 1 aromatic carbocycles. The summed E-state index contributed by atoms with van der Waals surface area (Å²) in [6, 6.07) is 3.55. The van der Waals surface area contributed by atoms with Crippen LogP contribution >= 0.6 is 0 Å². The van der Waals surface area contributed by atoms with E-state index in [2.05, 4.69) is 0 Å². The van der Waals surface area contributed by atoms with Gasteiger partial charge in [-0.25, -0.2) is 4.79 Å². The summed E-state index contributed by atoms with van der Waals surface area (Å²) >= 11 is 0. The maximum absolute atomic E-state index is 10.9. The van der Waals surface area contributed by atoms with Gasteiger partial charge in [-0.1, -0.05) is 0 Å². The molecule has 0 aliphatic rings. The first-order valence-corrected chi connectivity index (χ1v) is 4.31. The van der Waals surface area contributed by atoms with E-state index in [1.165, 1.54) is 0 Å². The summed E-state index contributed by atoms with van der Waals surface area (Å²) in [7, 11) is 0. The van der Waals surface area contributed by atoms with Crippen molar-refractivity contribution in [1.82, 2.24) is 0 Å². The molecule has 1 N–H and O–H groups in total. The molecule has 2 rings (SSSR count). The topological polar surface area (TPSA) is 50.4 Å². The Bertz CT molecular complexity index is 508. The fraction of sp³-hybridized carbons (Fsp3) is 0.182. The minimum Gasteiger partial charge on any atom is -0.478 e. The second kappa shape index (κ2) is 2.87. The molecule has 0 aliphatic heterocycles. The van der Waals surface area contributed by atoms with Crippen molar-refractivity contribution in [3.63, 3.8) is 0 Å². The van der Waals surface area contributed by atoms with Crippen molar-refractivity contribution in [2.75, 3.05) is 0 Å². The maximum atomic E-state index is 10.9. The van der Waals surface area contributed by atoms with Crippen molar-refractivity contribution < 1.29 is 14.3 Å². The van der Waals surface area contributed by atoms with Crippen LogP contribution in [0.25, 0.3) is 11.0 Å². The molecule has 1 heterocycles. The van der Waals surface area contributed by atoms with Crippen LogP contribution in [-0.4, -0.2) is 11.1 Å². The molecule has 2 aromatic rings. The standard InChI is InChI=1S/C11H10O3/c1-6-3-8-7(2)5-14-10(8)9(4-6)11(12)13/h3-5H,1-2H3,(H,12,13). The molecule has 0 radical (unpaired) electrons. The molecule has 0 spiro atoms. The predicted octanol–water partition coefficient (Wildman–Crippen LogP) is 2.75. The minimum absolute atomic E-state index is 0.230. The number of fused-ring (bicyclic) bond motifs is 1. The lowest BCUT2D eigenvalue weighted by molar-refractivity contribution is 0.0697. The summed E-state index contributed by atoms with van der Waals surface area (Å²) in [5, 5.41) is 9.83. The van der Waals surface area contributed by atoms with E-state index < -0.39 is 5.97 Å². The Hall–Kier alpha value is -1.77. The van der Waals surface area contributed by atoms with Crippen LogP contribution in [0.15, 0.2) is 22.8 Å². The van der Waals surface area contributed by atoms with Crippen molar-refractivity contribution in [1.29, 1.82) is 0 Å². The molecule has 0 saturated carbocycles. The molecule has 0 unspecified atom stereocenters. The van der Waals surface area contributed by atoms with E-state index in [9.17, 15) is 4.79 Å². The number of rotatable bonds is 1. The van der Waals surface area contributed by atoms with Crippen LogP contribution in [0.3, 0.4) is 0 Å². The minimum atomic E-state index is -0.951. The third-order valence-corrected chi connectivity index (χ3v) is 2.24. The van der Waals surface area contributed by atoms with Crippen molar-refractivity contribution in [3.05, 3.63) is 35.1 Å². The van der Waals surface area contributed by atoms with E-state index in [0.717, 1.165) is 16.5 Å². The first kappa shape index (κ1) is 8.81. The number of carbonyl (C=O) groups is 1. The molecule has 3 heteroatoms. The molecule has 0 saturated heterocycles. The molecule has 0 fully saturated rings. The second-order valence-corrected chi connectivity index (χ2v) is 3.41. The number of aromatic carboxylic acids is 1. The molecule has 0 aliphatic carbocycles. The first-order chi connectivity index (χ1) is 6.59. The number of carboxylic acids is 1. The van der Waals surface area contributed by atoms with E-state index in [1.54, 1.807) is 12.3 Å². The van der Waals surface area contributed by atoms with Crippen molar-refractivity contribution in [3.8, 4) is 0 Å². The fourth-order valence-corrected chi connectivity index (χ4v) is 1.56. The van der Waals surface area contributed by atoms with Gasteiger partial charge in [0, 0.05) is 5.39 Å². The molecule has 0 atom stereocenters. The molecule has 0 bridgehead atoms. The highest BCUT2D eigenvalue weighted by Gasteiger charge is 2.13. The third kappa shape index (κ3) is 1.18. The lowest BCUT2D eigenvalue weighted by Gasteiger charge is -1.98. The lowest BCUT2D eigenvalue weighted by atomic mass is 10.1. The van der Waals surface area contributed by atoms with Gasteiger partial charge in [0.15, 0.2) is 0 Å². The van der Waals surface area contributed by atoms with E-state index in [1.807, 2.05) is 19.9 Å². The van der Waals surface area contributed by atoms with Gasteiger partial charge in [-0.05, 0) is 37.1 Å². The van der Waals surface area contributed by atoms with Gasteiger partial charge in [-0.15, -0.1) is 0 Å². The highest BCUT2D eigenvalue weighted by atomic mass is 16.4. The highest BCUT2D eigenvalue weighted by molar-refractivity contribution is 6.02. The third-order valence-electron chi connectivity index (χ3n) is 2.24. The Balaban J connectivity index is 2.88. The van der Waals surface area contributed by atoms with Gasteiger partial charge in [0.05, 0.1) is 6.26 Å². The predicted molar refractivity (Wildman–Crippen MR) is 52.6 cm³/mol. The van der Waals surface area contributed by atoms with E-state index in [0.29, 0.717) is 5.58 Å². The number of hydrogen-bond acceptors (Lipinski definition) is 2. The first-order valence-electron chi connectivity index (χ1n) is 4.31. The van der Waals surface area contributed by atoms with Gasteiger partial charge in [0.1, 0.15) is 11.1 Å². The van der Waals surface area contributed by atoms with Crippen LogP contribution in [0.1, 0.15) is 21.5 Å². The number of aryl methyl sites for hydroxylation is 2. The lowest BCUT2D eigenvalue weighted by Crippen LogP contribution is -1.97. The van der Waals surface area contributed by atoms with E-state index in [4.69, 9.17) is 9.52 Å². The van der Waals surface area contributed by atoms with E-state index in [-0.39, 0.29) is 5.56 Å². The average Bonchev–Trinajstić information content (AvgIpc) is 2.47. The number of furan rings is 1. The summed E-state index contributed by atoms with van der Waals surface area (Å²) in [5.41, 5.74) is 2.58. The quantitative estimate of drug-likeness (QED) is 0.752. The van der Waals surface area contributed by atoms with Crippen molar-refractivity contribution >= 4 is 16.9 Å². The SMILES string of the molecule is Cc1cc(C(=O)O)c2occ(C)c2c1. The zero-order valence-electron chi connectivity index (χ0n) is 8.00. The molecular formula is C11H10O3. The Morgan fingerprint density at radius 1 is 1.36 bits per heavy atom. The number of hydrogen-bond donors (Lipinski definition) is 1. The van der Waals surface area contributed by atoms with Crippen LogP contribution in [-0.2, 0) is 0 Å². The number of carboxylic acid groups (broad SMARTS) is 1. The Morgan fingerprint density at radius 2 is 2.07 bits per heavy atom.